The van der Waals surface area contributed by atoms with Crippen molar-refractivity contribution in [3.8, 4) is 33.8 Å². The van der Waals surface area contributed by atoms with E-state index in [9.17, 15) is 0 Å². The molecule has 0 fully saturated rings. The molecule has 3 heterocycles. The third kappa shape index (κ3) is 4.37. The highest BCUT2D eigenvalue weighted by Crippen LogP contribution is 2.39. The normalized spacial score (nSPS) is 11.7. The Bertz CT molecular complexity index is 2640. The molecule has 0 radical (unpaired) electrons. The minimum atomic E-state index is 0.819. The summed E-state index contributed by atoms with van der Waals surface area (Å²) in [6.07, 6.45) is 7.28. The smallest absolute Gasteiger partial charge is 0.156 e. The van der Waals surface area contributed by atoms with E-state index in [0.717, 1.165) is 29.7 Å². The number of benzene rings is 6. The van der Waals surface area contributed by atoms with Crippen LogP contribution in [-0.4, -0.2) is 19.1 Å². The van der Waals surface area contributed by atoms with Gasteiger partial charge in [0, 0.05) is 39.6 Å². The Morgan fingerprint density at radius 2 is 1.06 bits per heavy atom. The van der Waals surface area contributed by atoms with Gasteiger partial charge in [0.1, 0.15) is 0 Å². The van der Waals surface area contributed by atoms with E-state index in [2.05, 4.69) is 160 Å². The number of rotatable bonds is 6. The number of aryl methyl sites for hydroxylation is 2. The number of aromatic nitrogens is 4. The van der Waals surface area contributed by atoms with Gasteiger partial charge in [-0.25, -0.2) is 4.98 Å². The molecule has 0 aliphatic rings. The average Bonchev–Trinajstić information content (AvgIpc) is 3.67. The molecule has 0 saturated heterocycles. The van der Waals surface area contributed by atoms with Gasteiger partial charge >= 0.3 is 0 Å². The lowest BCUT2D eigenvalue weighted by atomic mass is 9.93. The first-order valence-electron chi connectivity index (χ1n) is 16.8. The summed E-state index contributed by atoms with van der Waals surface area (Å²) in [5.41, 5.74) is 13.7. The summed E-state index contributed by atoms with van der Waals surface area (Å²) in [6, 6.07) is 46.9. The van der Waals surface area contributed by atoms with Crippen LogP contribution in [0.4, 0.5) is 0 Å². The monoisotopic (exact) mass is 618 g/mol. The van der Waals surface area contributed by atoms with Crippen LogP contribution in [0.1, 0.15) is 25.0 Å². The number of hydrogen-bond donors (Lipinski definition) is 0. The summed E-state index contributed by atoms with van der Waals surface area (Å²) in [5.74, 6) is 0.819. The number of nitrogens with zero attached hydrogens (tertiary/aromatic N) is 4. The standard InChI is InChI=1S/C44H34N4/c1-3-29-11-5-6-12-34(29)35-20-19-33(25-30(35)4-2)47-40-15-9-7-13-36(40)38-26-31(17-21-42(38)47)32-18-22-43-39(27-32)37-14-8-10-16-41(37)48(43)44-28-45-23-24-46-44/h5-28H,3-4H2,1-2H3. The summed E-state index contributed by atoms with van der Waals surface area (Å²) in [5, 5.41) is 4.92. The third-order valence-electron chi connectivity index (χ3n) is 9.87. The van der Waals surface area contributed by atoms with Crippen molar-refractivity contribution in [2.24, 2.45) is 0 Å². The van der Waals surface area contributed by atoms with Gasteiger partial charge in [-0.15, -0.1) is 0 Å². The Kier molecular flexibility index (Phi) is 6.68. The molecule has 0 bridgehead atoms. The first-order valence-corrected chi connectivity index (χ1v) is 16.8. The van der Waals surface area contributed by atoms with Gasteiger partial charge in [0.05, 0.1) is 28.3 Å². The van der Waals surface area contributed by atoms with Crippen LogP contribution in [0.15, 0.2) is 146 Å². The molecule has 3 aromatic heterocycles. The minimum absolute atomic E-state index is 0.819. The van der Waals surface area contributed by atoms with E-state index in [1.807, 2.05) is 6.20 Å². The Hall–Kier alpha value is -6.00. The molecule has 0 amide bonds. The van der Waals surface area contributed by atoms with Crippen LogP contribution < -0.4 is 0 Å². The predicted octanol–water partition coefficient (Wildman–Crippen LogP) is 11.1. The Morgan fingerprint density at radius 3 is 1.73 bits per heavy atom. The molecular weight excluding hydrogens is 585 g/mol. The lowest BCUT2D eigenvalue weighted by molar-refractivity contribution is 1.04. The number of para-hydroxylation sites is 2. The van der Waals surface area contributed by atoms with Crippen LogP contribution in [0, 0.1) is 0 Å². The van der Waals surface area contributed by atoms with Crippen LogP contribution in [0.2, 0.25) is 0 Å². The fraction of sp³-hybridized carbons (Fsp3) is 0.0909. The highest BCUT2D eigenvalue weighted by molar-refractivity contribution is 6.12. The number of fused-ring (bicyclic) bond motifs is 6. The molecule has 6 aromatic carbocycles. The van der Waals surface area contributed by atoms with Gasteiger partial charge in [-0.05, 0) is 94.8 Å². The average molecular weight is 619 g/mol. The molecule has 48 heavy (non-hydrogen) atoms. The van der Waals surface area contributed by atoms with Crippen molar-refractivity contribution in [3.05, 3.63) is 157 Å². The summed E-state index contributed by atoms with van der Waals surface area (Å²) in [6.45, 7) is 4.50. The van der Waals surface area contributed by atoms with E-state index in [-0.39, 0.29) is 0 Å². The minimum Gasteiger partial charge on any atom is -0.309 e. The molecular formula is C44H34N4. The maximum Gasteiger partial charge on any atom is 0.156 e. The molecule has 0 spiro atoms. The fourth-order valence-electron chi connectivity index (χ4n) is 7.60. The van der Waals surface area contributed by atoms with Crippen molar-refractivity contribution >= 4 is 43.6 Å². The maximum atomic E-state index is 4.63. The van der Waals surface area contributed by atoms with Gasteiger partial charge < -0.3 is 4.57 Å². The molecule has 0 atom stereocenters. The van der Waals surface area contributed by atoms with Crippen LogP contribution in [0.5, 0.6) is 0 Å². The first kappa shape index (κ1) is 28.2. The van der Waals surface area contributed by atoms with E-state index in [4.69, 9.17) is 0 Å². The van der Waals surface area contributed by atoms with Gasteiger partial charge in [0.25, 0.3) is 0 Å². The third-order valence-corrected chi connectivity index (χ3v) is 9.87. The second-order valence-electron chi connectivity index (χ2n) is 12.4. The van der Waals surface area contributed by atoms with Crippen molar-refractivity contribution in [2.75, 3.05) is 0 Å². The fourth-order valence-corrected chi connectivity index (χ4v) is 7.60. The molecule has 0 aliphatic carbocycles. The van der Waals surface area contributed by atoms with Crippen LogP contribution in [0.3, 0.4) is 0 Å². The zero-order valence-electron chi connectivity index (χ0n) is 27.1. The second kappa shape index (κ2) is 11.4. The van der Waals surface area contributed by atoms with Gasteiger partial charge in [0.2, 0.25) is 0 Å². The highest BCUT2D eigenvalue weighted by atomic mass is 15.1. The predicted molar refractivity (Wildman–Crippen MR) is 200 cm³/mol. The van der Waals surface area contributed by atoms with Crippen molar-refractivity contribution in [1.82, 2.24) is 19.1 Å². The molecule has 0 aliphatic heterocycles. The van der Waals surface area contributed by atoms with Crippen molar-refractivity contribution in [3.63, 3.8) is 0 Å². The highest BCUT2D eigenvalue weighted by Gasteiger charge is 2.17. The van der Waals surface area contributed by atoms with Crippen LogP contribution >= 0.6 is 0 Å². The summed E-state index contributed by atoms with van der Waals surface area (Å²) in [4.78, 5) is 8.98. The van der Waals surface area contributed by atoms with Gasteiger partial charge in [0.15, 0.2) is 5.82 Å². The van der Waals surface area contributed by atoms with E-state index in [0.29, 0.717) is 0 Å². The molecule has 230 valence electrons. The maximum absolute atomic E-state index is 4.63. The summed E-state index contributed by atoms with van der Waals surface area (Å²) < 4.78 is 4.63. The summed E-state index contributed by atoms with van der Waals surface area (Å²) >= 11 is 0. The molecule has 0 N–H and O–H groups in total. The molecule has 4 heteroatoms. The lowest BCUT2D eigenvalue weighted by Gasteiger charge is -2.16. The SMILES string of the molecule is CCc1ccccc1-c1ccc(-n2c3ccccc3c3cc(-c4ccc5c(c4)c4ccccc4n5-c4cnccn4)ccc32)cc1CC. The largest absolute Gasteiger partial charge is 0.309 e. The zero-order valence-corrected chi connectivity index (χ0v) is 27.1. The van der Waals surface area contributed by atoms with E-state index >= 15 is 0 Å². The molecule has 4 nitrogen and oxygen atoms in total. The van der Waals surface area contributed by atoms with Crippen molar-refractivity contribution < 1.29 is 0 Å². The molecule has 9 aromatic rings. The van der Waals surface area contributed by atoms with E-state index in [1.54, 1.807) is 12.4 Å². The quantitative estimate of drug-likeness (QED) is 0.186. The van der Waals surface area contributed by atoms with Crippen molar-refractivity contribution in [1.29, 1.82) is 0 Å². The molecule has 9 rings (SSSR count). The Morgan fingerprint density at radius 1 is 0.479 bits per heavy atom. The molecule has 0 unspecified atom stereocenters. The van der Waals surface area contributed by atoms with E-state index in [1.165, 1.54) is 71.6 Å². The zero-order chi connectivity index (χ0) is 32.2. The van der Waals surface area contributed by atoms with Gasteiger partial charge in [-0.3, -0.25) is 9.55 Å². The Balaban J connectivity index is 1.20. The second-order valence-corrected chi connectivity index (χ2v) is 12.4. The molecule has 0 saturated carbocycles. The number of hydrogen-bond acceptors (Lipinski definition) is 2. The lowest BCUT2D eigenvalue weighted by Crippen LogP contribution is -1.98. The topological polar surface area (TPSA) is 35.6 Å². The first-order chi connectivity index (χ1) is 23.7. The van der Waals surface area contributed by atoms with Gasteiger partial charge in [-0.2, -0.15) is 0 Å². The van der Waals surface area contributed by atoms with Gasteiger partial charge in [-0.1, -0.05) is 92.7 Å². The van der Waals surface area contributed by atoms with Crippen molar-refractivity contribution in [2.45, 2.75) is 26.7 Å². The Labute approximate surface area is 279 Å². The van der Waals surface area contributed by atoms with E-state index < -0.39 is 0 Å². The summed E-state index contributed by atoms with van der Waals surface area (Å²) in [7, 11) is 0. The van der Waals surface area contributed by atoms with Crippen LogP contribution in [0.25, 0.3) is 77.4 Å². The van der Waals surface area contributed by atoms with Crippen LogP contribution in [-0.2, 0) is 12.8 Å².